The van der Waals surface area contributed by atoms with Crippen LogP contribution < -0.4 is 16.8 Å². The second kappa shape index (κ2) is 6.90. The minimum absolute atomic E-state index is 0. The molecule has 0 fully saturated rings. The highest BCUT2D eigenvalue weighted by atomic mass is 15.2. The fraction of sp³-hybridized carbons (Fsp3) is 0.0370. The van der Waals surface area contributed by atoms with Gasteiger partial charge in [-0.1, -0.05) is 72.8 Å². The Kier molecular flexibility index (Phi) is 4.19. The van der Waals surface area contributed by atoms with Gasteiger partial charge < -0.3 is 16.8 Å². The lowest BCUT2D eigenvalue weighted by atomic mass is 9.91. The van der Waals surface area contributed by atoms with Crippen molar-refractivity contribution in [3.63, 3.8) is 0 Å². The van der Waals surface area contributed by atoms with Gasteiger partial charge in [0.25, 0.3) is 0 Å². The van der Waals surface area contributed by atoms with E-state index >= 15 is 0 Å². The lowest BCUT2D eigenvalue weighted by Gasteiger charge is -2.21. The first-order valence-corrected chi connectivity index (χ1v) is 9.96. The van der Waals surface area contributed by atoms with Crippen LogP contribution in [0.2, 0.25) is 0 Å². The van der Waals surface area contributed by atoms with Crippen molar-refractivity contribution < 1.29 is 0 Å². The summed E-state index contributed by atoms with van der Waals surface area (Å²) < 4.78 is 0. The molecule has 5 N–H and O–H groups in total. The Balaban J connectivity index is 0.00000193. The van der Waals surface area contributed by atoms with Crippen molar-refractivity contribution in [1.29, 1.82) is 0 Å². The molecule has 30 heavy (non-hydrogen) atoms. The number of anilines is 3. The van der Waals surface area contributed by atoms with Crippen molar-refractivity contribution in [2.24, 2.45) is 0 Å². The summed E-state index contributed by atoms with van der Waals surface area (Å²) in [7, 11) is 0. The minimum Gasteiger partial charge on any atom is -0.398 e. The van der Waals surface area contributed by atoms with Crippen LogP contribution in [0.5, 0.6) is 0 Å². The summed E-state index contributed by atoms with van der Waals surface area (Å²) >= 11 is 0. The second-order valence-corrected chi connectivity index (χ2v) is 7.65. The molecule has 5 aromatic carbocycles. The maximum absolute atomic E-state index is 6.59. The predicted molar refractivity (Wildman–Crippen MR) is 129 cm³/mol. The first-order valence-electron chi connectivity index (χ1n) is 9.96. The number of rotatable bonds is 2. The van der Waals surface area contributed by atoms with Gasteiger partial charge in [-0.05, 0) is 46.0 Å². The number of benzene rings is 5. The quantitative estimate of drug-likeness (QED) is 0.318. The molecule has 3 nitrogen and oxygen atoms in total. The molecule has 2 bridgehead atoms. The molecule has 0 atom stereocenters. The van der Waals surface area contributed by atoms with Crippen LogP contribution in [-0.4, -0.2) is 0 Å². The lowest BCUT2D eigenvalue weighted by Crippen LogP contribution is -2.10. The number of nitrogen functional groups attached to an aromatic ring is 1. The van der Waals surface area contributed by atoms with Crippen molar-refractivity contribution in [2.75, 3.05) is 10.6 Å². The molecule has 0 saturated heterocycles. The number of para-hydroxylation sites is 1. The largest absolute Gasteiger partial charge is 0.398 e. The summed E-state index contributed by atoms with van der Waals surface area (Å²) in [5.41, 5.74) is 13.6. The van der Waals surface area contributed by atoms with Crippen LogP contribution in [-0.2, 0) is 6.54 Å². The summed E-state index contributed by atoms with van der Waals surface area (Å²) in [5, 5.41) is 4.97. The van der Waals surface area contributed by atoms with E-state index in [1.807, 2.05) is 6.07 Å². The molecule has 6 rings (SSSR count). The normalized spacial score (nSPS) is 12.3. The van der Waals surface area contributed by atoms with Crippen LogP contribution >= 0.6 is 0 Å². The Bertz CT molecular complexity index is 1390. The van der Waals surface area contributed by atoms with Crippen molar-refractivity contribution in [3.8, 4) is 11.1 Å². The SMILES string of the molecule is N.Nc1ccc2ccccc2c1-c1c2cc3ccccc3c1N(c1ccccc1)C2. The van der Waals surface area contributed by atoms with Gasteiger partial charge in [-0.25, -0.2) is 0 Å². The standard InChI is InChI=1S/C27H20N2.H3N/c28-24-15-14-18-8-4-6-12-22(18)26(24)25-20-16-19-9-5-7-13-23(19)27(25)29(17-20)21-10-2-1-3-11-21;/h1-16H,17,28H2;1H3. The molecule has 5 aromatic rings. The number of hydrogen-bond acceptors (Lipinski definition) is 3. The second-order valence-electron chi connectivity index (χ2n) is 7.65. The smallest absolute Gasteiger partial charge is 0.0577 e. The summed E-state index contributed by atoms with van der Waals surface area (Å²) in [6, 6.07) is 34.3. The Morgan fingerprint density at radius 1 is 0.633 bits per heavy atom. The molecule has 146 valence electrons. The van der Waals surface area contributed by atoms with Crippen LogP contribution in [0.3, 0.4) is 0 Å². The Hall–Kier alpha value is -3.82. The Morgan fingerprint density at radius 2 is 1.30 bits per heavy atom. The molecule has 1 aliphatic heterocycles. The highest BCUT2D eigenvalue weighted by Gasteiger charge is 2.29. The maximum atomic E-state index is 6.59. The first kappa shape index (κ1) is 18.2. The van der Waals surface area contributed by atoms with E-state index in [0.717, 1.165) is 17.8 Å². The average molecular weight is 390 g/mol. The average Bonchev–Trinajstić information content (AvgIpc) is 3.04. The molecular weight excluding hydrogens is 366 g/mol. The Labute approximate surface area is 176 Å². The van der Waals surface area contributed by atoms with Gasteiger partial charge in [-0.15, -0.1) is 0 Å². The summed E-state index contributed by atoms with van der Waals surface area (Å²) in [5.74, 6) is 0. The summed E-state index contributed by atoms with van der Waals surface area (Å²) in [6.45, 7) is 0.853. The van der Waals surface area contributed by atoms with Crippen molar-refractivity contribution >= 4 is 38.6 Å². The number of fused-ring (bicyclic) bond motifs is 5. The molecule has 0 spiro atoms. The van der Waals surface area contributed by atoms with E-state index in [0.29, 0.717) is 0 Å². The Morgan fingerprint density at radius 3 is 2.10 bits per heavy atom. The third-order valence-electron chi connectivity index (χ3n) is 5.98. The molecular formula is C27H23N3. The van der Waals surface area contributed by atoms with E-state index in [-0.39, 0.29) is 6.15 Å². The predicted octanol–water partition coefficient (Wildman–Crippen LogP) is 7.06. The number of nitrogens with two attached hydrogens (primary N) is 1. The van der Waals surface area contributed by atoms with Crippen LogP contribution in [0, 0.1) is 0 Å². The molecule has 0 unspecified atom stereocenters. The van der Waals surface area contributed by atoms with Gasteiger partial charge in [0, 0.05) is 34.4 Å². The number of nitrogens with zero attached hydrogens (tertiary/aromatic N) is 1. The lowest BCUT2D eigenvalue weighted by molar-refractivity contribution is 1.03. The van der Waals surface area contributed by atoms with Crippen molar-refractivity contribution in [2.45, 2.75) is 6.54 Å². The molecule has 1 heterocycles. The van der Waals surface area contributed by atoms with Gasteiger partial charge in [0.2, 0.25) is 0 Å². The van der Waals surface area contributed by atoms with Gasteiger partial charge in [-0.2, -0.15) is 0 Å². The highest BCUT2D eigenvalue weighted by Crippen LogP contribution is 2.51. The zero-order chi connectivity index (χ0) is 19.4. The van der Waals surface area contributed by atoms with Crippen LogP contribution in [0.15, 0.2) is 97.1 Å². The third kappa shape index (κ3) is 2.56. The van der Waals surface area contributed by atoms with Gasteiger partial charge in [0.05, 0.1) is 5.69 Å². The topological polar surface area (TPSA) is 64.3 Å². The molecule has 0 saturated carbocycles. The zero-order valence-corrected chi connectivity index (χ0v) is 16.7. The van der Waals surface area contributed by atoms with E-state index in [4.69, 9.17) is 5.73 Å². The first-order chi connectivity index (χ1) is 14.3. The van der Waals surface area contributed by atoms with Gasteiger partial charge in [0.1, 0.15) is 0 Å². The number of hydrogen-bond donors (Lipinski definition) is 2. The monoisotopic (exact) mass is 389 g/mol. The van der Waals surface area contributed by atoms with Crippen molar-refractivity contribution in [1.82, 2.24) is 6.15 Å². The molecule has 0 amide bonds. The summed E-state index contributed by atoms with van der Waals surface area (Å²) in [4.78, 5) is 2.42. The zero-order valence-electron chi connectivity index (χ0n) is 16.7. The molecule has 3 heteroatoms. The minimum atomic E-state index is 0. The van der Waals surface area contributed by atoms with E-state index < -0.39 is 0 Å². The third-order valence-corrected chi connectivity index (χ3v) is 5.98. The van der Waals surface area contributed by atoms with Crippen LogP contribution in [0.1, 0.15) is 5.56 Å². The highest BCUT2D eigenvalue weighted by molar-refractivity contribution is 6.14. The fourth-order valence-electron chi connectivity index (χ4n) is 4.71. The van der Waals surface area contributed by atoms with E-state index in [1.165, 1.54) is 44.0 Å². The van der Waals surface area contributed by atoms with Crippen LogP contribution in [0.4, 0.5) is 17.1 Å². The maximum Gasteiger partial charge on any atom is 0.0577 e. The molecule has 0 aliphatic carbocycles. The summed E-state index contributed by atoms with van der Waals surface area (Å²) in [6.07, 6.45) is 0. The molecule has 1 aliphatic rings. The fourth-order valence-corrected chi connectivity index (χ4v) is 4.71. The van der Waals surface area contributed by atoms with Crippen molar-refractivity contribution in [3.05, 3.63) is 103 Å². The van der Waals surface area contributed by atoms with E-state index in [2.05, 4.69) is 95.9 Å². The molecule has 0 radical (unpaired) electrons. The van der Waals surface area contributed by atoms with E-state index in [9.17, 15) is 0 Å². The van der Waals surface area contributed by atoms with Gasteiger partial charge in [-0.3, -0.25) is 0 Å². The molecule has 0 aromatic heterocycles. The van der Waals surface area contributed by atoms with Gasteiger partial charge >= 0.3 is 0 Å². The van der Waals surface area contributed by atoms with Gasteiger partial charge in [0.15, 0.2) is 0 Å². The van der Waals surface area contributed by atoms with Crippen LogP contribution in [0.25, 0.3) is 32.7 Å². The van der Waals surface area contributed by atoms with E-state index in [1.54, 1.807) is 0 Å².